The van der Waals surface area contributed by atoms with Crippen LogP contribution in [0.1, 0.15) is 29.3 Å². The van der Waals surface area contributed by atoms with E-state index in [1.807, 2.05) is 24.3 Å². The molecule has 1 unspecified atom stereocenters. The van der Waals surface area contributed by atoms with Gasteiger partial charge in [0.25, 0.3) is 5.91 Å². The molecule has 0 spiro atoms. The minimum Gasteiger partial charge on any atom is -0.482 e. The Morgan fingerprint density at radius 1 is 1.21 bits per heavy atom. The van der Waals surface area contributed by atoms with Gasteiger partial charge in [-0.15, -0.1) is 0 Å². The molecule has 1 aliphatic heterocycles. The minimum atomic E-state index is -0.363. The minimum absolute atomic E-state index is 0.243. The lowest BCUT2D eigenvalue weighted by Crippen LogP contribution is -2.31. The van der Waals surface area contributed by atoms with Crippen LogP contribution in [0, 0.1) is 11.3 Å². The summed E-state index contributed by atoms with van der Waals surface area (Å²) in [7, 11) is 0. The van der Waals surface area contributed by atoms with E-state index in [1.54, 1.807) is 48.7 Å². The lowest BCUT2D eigenvalue weighted by Gasteiger charge is -2.20. The first-order valence-electron chi connectivity index (χ1n) is 8.96. The van der Waals surface area contributed by atoms with E-state index in [1.165, 1.54) is 5.01 Å². The zero-order valence-electron chi connectivity index (χ0n) is 15.3. The number of amides is 1. The summed E-state index contributed by atoms with van der Waals surface area (Å²) in [6, 6.07) is 19.4. The summed E-state index contributed by atoms with van der Waals surface area (Å²) in [5.74, 6) is 0.672. The fourth-order valence-corrected chi connectivity index (χ4v) is 3.28. The third-order valence-electron chi connectivity index (χ3n) is 4.57. The molecule has 0 radical (unpaired) electrons. The highest BCUT2D eigenvalue weighted by molar-refractivity contribution is 6.30. The first-order chi connectivity index (χ1) is 14.2. The molecule has 7 heteroatoms. The van der Waals surface area contributed by atoms with Gasteiger partial charge in [-0.3, -0.25) is 4.79 Å². The predicted molar refractivity (Wildman–Crippen MR) is 108 cm³/mol. The first kappa shape index (κ1) is 18.8. The predicted octanol–water partition coefficient (Wildman–Crippen LogP) is 4.56. The highest BCUT2D eigenvalue weighted by atomic mass is 35.5. The van der Waals surface area contributed by atoms with Gasteiger partial charge in [0.05, 0.1) is 17.5 Å². The molecule has 2 heterocycles. The van der Waals surface area contributed by atoms with Gasteiger partial charge in [-0.1, -0.05) is 35.9 Å². The van der Waals surface area contributed by atoms with Crippen LogP contribution in [0.2, 0.25) is 5.02 Å². The summed E-state index contributed by atoms with van der Waals surface area (Å²) in [4.78, 5) is 12.9. The second-order valence-corrected chi connectivity index (χ2v) is 6.86. The van der Waals surface area contributed by atoms with Crippen LogP contribution in [0.5, 0.6) is 5.75 Å². The van der Waals surface area contributed by atoms with E-state index in [-0.39, 0.29) is 18.6 Å². The number of ether oxygens (including phenoxy) is 1. The second kappa shape index (κ2) is 8.21. The quantitative estimate of drug-likeness (QED) is 0.623. The number of carbonyl (C=O) groups is 1. The smallest absolute Gasteiger partial charge is 0.281 e. The highest BCUT2D eigenvalue weighted by Crippen LogP contribution is 2.33. The Labute approximate surface area is 172 Å². The number of halogens is 1. The van der Waals surface area contributed by atoms with E-state index in [0.717, 1.165) is 11.3 Å². The average molecular weight is 406 g/mol. The van der Waals surface area contributed by atoms with E-state index < -0.39 is 0 Å². The fraction of sp³-hybridized carbons (Fsp3) is 0.136. The number of para-hydroxylation sites is 1. The number of rotatable bonds is 5. The fourth-order valence-electron chi connectivity index (χ4n) is 3.15. The van der Waals surface area contributed by atoms with Gasteiger partial charge in [-0.2, -0.15) is 10.4 Å². The van der Waals surface area contributed by atoms with Crippen LogP contribution in [0.25, 0.3) is 0 Å². The van der Waals surface area contributed by atoms with Crippen LogP contribution in [0.15, 0.2) is 76.4 Å². The number of hydrogen-bond donors (Lipinski definition) is 0. The van der Waals surface area contributed by atoms with Crippen molar-refractivity contribution >= 4 is 23.2 Å². The maximum absolute atomic E-state index is 12.9. The first-order valence-corrected chi connectivity index (χ1v) is 9.34. The number of carbonyl (C=O) groups excluding carboxylic acids is 1. The molecule has 0 saturated heterocycles. The van der Waals surface area contributed by atoms with E-state index in [9.17, 15) is 10.1 Å². The number of hydrazone groups is 1. The maximum Gasteiger partial charge on any atom is 0.281 e. The monoisotopic (exact) mass is 405 g/mol. The molecule has 1 amide bonds. The number of nitriles is 1. The molecule has 1 aliphatic rings. The van der Waals surface area contributed by atoms with Gasteiger partial charge in [-0.05, 0) is 42.0 Å². The molecular formula is C22H16ClN3O3. The zero-order valence-corrected chi connectivity index (χ0v) is 16.0. The van der Waals surface area contributed by atoms with Crippen molar-refractivity contribution < 1.29 is 13.9 Å². The van der Waals surface area contributed by atoms with Crippen LogP contribution in [-0.4, -0.2) is 23.2 Å². The van der Waals surface area contributed by atoms with Crippen molar-refractivity contribution in [2.24, 2.45) is 5.10 Å². The van der Waals surface area contributed by atoms with Crippen molar-refractivity contribution in [1.82, 2.24) is 5.01 Å². The van der Waals surface area contributed by atoms with Crippen LogP contribution < -0.4 is 4.74 Å². The van der Waals surface area contributed by atoms with Gasteiger partial charge in [0.15, 0.2) is 6.61 Å². The Bertz CT molecular complexity index is 1090. The topological polar surface area (TPSA) is 78.8 Å². The summed E-state index contributed by atoms with van der Waals surface area (Å²) in [6.45, 7) is -0.243. The second-order valence-electron chi connectivity index (χ2n) is 6.42. The Hall–Kier alpha value is -3.56. The van der Waals surface area contributed by atoms with Gasteiger partial charge < -0.3 is 9.15 Å². The highest BCUT2D eigenvalue weighted by Gasteiger charge is 2.35. The normalized spacial score (nSPS) is 15.7. The number of nitrogens with zero attached hydrogens (tertiary/aromatic N) is 3. The molecule has 0 saturated carbocycles. The Morgan fingerprint density at radius 2 is 2.00 bits per heavy atom. The third-order valence-corrected chi connectivity index (χ3v) is 4.83. The van der Waals surface area contributed by atoms with Crippen molar-refractivity contribution in [3.8, 4) is 11.8 Å². The molecule has 0 fully saturated rings. The molecule has 1 atom stereocenters. The number of benzene rings is 2. The molecule has 0 bridgehead atoms. The molecule has 144 valence electrons. The standard InChI is InChI=1S/C22H16ClN3O3/c23-17-9-7-15(8-10-17)18-12-19(21-6-3-11-28-21)26(25-18)22(27)14-29-20-5-2-1-4-16(20)13-24/h1-11,19H,12,14H2. The zero-order chi connectivity index (χ0) is 20.2. The van der Waals surface area contributed by atoms with Crippen molar-refractivity contribution in [1.29, 1.82) is 5.26 Å². The van der Waals surface area contributed by atoms with E-state index in [2.05, 4.69) is 5.10 Å². The third kappa shape index (κ3) is 4.00. The molecule has 6 nitrogen and oxygen atoms in total. The Kier molecular flexibility index (Phi) is 5.32. The van der Waals surface area contributed by atoms with Gasteiger partial charge >= 0.3 is 0 Å². The largest absolute Gasteiger partial charge is 0.482 e. The molecule has 0 N–H and O–H groups in total. The molecule has 1 aromatic heterocycles. The molecular weight excluding hydrogens is 390 g/mol. The molecule has 4 rings (SSSR count). The molecule has 2 aromatic carbocycles. The van der Waals surface area contributed by atoms with Crippen molar-refractivity contribution in [3.63, 3.8) is 0 Å². The number of furan rings is 1. The summed E-state index contributed by atoms with van der Waals surface area (Å²) in [5, 5.41) is 15.7. The summed E-state index contributed by atoms with van der Waals surface area (Å²) < 4.78 is 11.1. The average Bonchev–Trinajstić information content (AvgIpc) is 3.42. The lowest BCUT2D eigenvalue weighted by atomic mass is 10.0. The van der Waals surface area contributed by atoms with Crippen LogP contribution >= 0.6 is 11.6 Å². The SMILES string of the molecule is N#Cc1ccccc1OCC(=O)N1N=C(c2ccc(Cl)cc2)CC1c1ccco1. The Morgan fingerprint density at radius 3 is 2.72 bits per heavy atom. The van der Waals surface area contributed by atoms with Crippen LogP contribution in [0.3, 0.4) is 0 Å². The molecule has 29 heavy (non-hydrogen) atoms. The van der Waals surface area contributed by atoms with Crippen molar-refractivity contribution in [3.05, 3.63) is 88.8 Å². The van der Waals surface area contributed by atoms with E-state index >= 15 is 0 Å². The maximum atomic E-state index is 12.9. The van der Waals surface area contributed by atoms with Gasteiger partial charge in [0, 0.05) is 11.4 Å². The van der Waals surface area contributed by atoms with Gasteiger partial charge in [0.1, 0.15) is 23.6 Å². The summed E-state index contributed by atoms with van der Waals surface area (Å²) >= 11 is 5.97. The van der Waals surface area contributed by atoms with E-state index in [0.29, 0.717) is 28.5 Å². The van der Waals surface area contributed by atoms with Gasteiger partial charge in [-0.25, -0.2) is 5.01 Å². The molecule has 3 aromatic rings. The van der Waals surface area contributed by atoms with Crippen LogP contribution in [0.4, 0.5) is 0 Å². The van der Waals surface area contributed by atoms with Crippen molar-refractivity contribution in [2.75, 3.05) is 6.61 Å². The lowest BCUT2D eigenvalue weighted by molar-refractivity contribution is -0.135. The summed E-state index contributed by atoms with van der Waals surface area (Å²) in [6.07, 6.45) is 2.08. The molecule has 0 aliphatic carbocycles. The van der Waals surface area contributed by atoms with Crippen molar-refractivity contribution in [2.45, 2.75) is 12.5 Å². The van der Waals surface area contributed by atoms with Crippen LogP contribution in [-0.2, 0) is 4.79 Å². The van der Waals surface area contributed by atoms with Gasteiger partial charge in [0.2, 0.25) is 0 Å². The number of hydrogen-bond acceptors (Lipinski definition) is 5. The Balaban J connectivity index is 1.56. The van der Waals surface area contributed by atoms with E-state index in [4.69, 9.17) is 20.8 Å². The summed E-state index contributed by atoms with van der Waals surface area (Å²) in [5.41, 5.74) is 2.01.